The molecule has 1 N–H and O–H groups in total. The zero-order valence-electron chi connectivity index (χ0n) is 9.81. The molecular formula is C12H11F2NO4. The van der Waals surface area contributed by atoms with Gasteiger partial charge in [-0.2, -0.15) is 0 Å². The number of amides is 1. The molecule has 0 spiro atoms. The third-order valence-corrected chi connectivity index (χ3v) is 2.79. The molecule has 1 amide bonds. The Balaban J connectivity index is 2.17. The minimum Gasteiger partial charge on any atom is -0.479 e. The van der Waals surface area contributed by atoms with Crippen molar-refractivity contribution in [2.45, 2.75) is 6.10 Å². The topological polar surface area (TPSA) is 66.8 Å². The molecule has 0 saturated carbocycles. The fourth-order valence-corrected chi connectivity index (χ4v) is 1.82. The first kappa shape index (κ1) is 13.4. The summed E-state index contributed by atoms with van der Waals surface area (Å²) in [4.78, 5) is 24.0. The average Bonchev–Trinajstić information content (AvgIpc) is 2.38. The van der Waals surface area contributed by atoms with Crippen LogP contribution in [-0.2, 0) is 9.53 Å². The van der Waals surface area contributed by atoms with Crippen LogP contribution in [0.15, 0.2) is 18.2 Å². The highest BCUT2D eigenvalue weighted by Gasteiger charge is 2.30. The van der Waals surface area contributed by atoms with Crippen molar-refractivity contribution in [1.82, 2.24) is 4.90 Å². The van der Waals surface area contributed by atoms with Gasteiger partial charge >= 0.3 is 5.97 Å². The van der Waals surface area contributed by atoms with Gasteiger partial charge in [0.15, 0.2) is 6.10 Å². The van der Waals surface area contributed by atoms with Crippen molar-refractivity contribution in [3.8, 4) is 0 Å². The van der Waals surface area contributed by atoms with Crippen molar-refractivity contribution in [3.63, 3.8) is 0 Å². The highest BCUT2D eigenvalue weighted by atomic mass is 19.1. The quantitative estimate of drug-likeness (QED) is 0.867. The van der Waals surface area contributed by atoms with Gasteiger partial charge in [-0.3, -0.25) is 4.79 Å². The first-order valence-electron chi connectivity index (χ1n) is 5.58. The molecule has 2 rings (SSSR count). The fourth-order valence-electron chi connectivity index (χ4n) is 1.82. The lowest BCUT2D eigenvalue weighted by molar-refractivity contribution is -0.154. The van der Waals surface area contributed by atoms with E-state index < -0.39 is 29.6 Å². The number of ether oxygens (including phenoxy) is 1. The highest BCUT2D eigenvalue weighted by molar-refractivity contribution is 5.94. The number of aliphatic carboxylic acids is 1. The van der Waals surface area contributed by atoms with E-state index in [2.05, 4.69) is 0 Å². The number of carbonyl (C=O) groups excluding carboxylic acids is 1. The Labute approximate surface area is 107 Å². The standard InChI is InChI=1S/C12H11F2NO4/c13-7-1-2-8(9(14)5-7)11(16)15-3-4-19-10(6-15)12(17)18/h1-2,5,10H,3-4,6H2,(H,17,18). The van der Waals surface area contributed by atoms with Gasteiger partial charge < -0.3 is 14.7 Å². The molecule has 1 aromatic rings. The van der Waals surface area contributed by atoms with E-state index >= 15 is 0 Å². The Morgan fingerprint density at radius 2 is 2.11 bits per heavy atom. The van der Waals surface area contributed by atoms with Crippen molar-refractivity contribution in [2.75, 3.05) is 19.7 Å². The summed E-state index contributed by atoms with van der Waals surface area (Å²) >= 11 is 0. The summed E-state index contributed by atoms with van der Waals surface area (Å²) in [5.74, 6) is -3.60. The minimum absolute atomic E-state index is 0.0610. The predicted octanol–water partition coefficient (Wildman–Crippen LogP) is 0.890. The van der Waals surface area contributed by atoms with Crippen LogP contribution < -0.4 is 0 Å². The van der Waals surface area contributed by atoms with Gasteiger partial charge in [0.25, 0.3) is 5.91 Å². The molecule has 1 heterocycles. The molecular weight excluding hydrogens is 260 g/mol. The van der Waals surface area contributed by atoms with Gasteiger partial charge in [-0.15, -0.1) is 0 Å². The highest BCUT2D eigenvalue weighted by Crippen LogP contribution is 2.15. The summed E-state index contributed by atoms with van der Waals surface area (Å²) in [6.07, 6.45) is -1.12. The SMILES string of the molecule is O=C(O)C1CN(C(=O)c2ccc(F)cc2F)CCO1. The normalized spacial score (nSPS) is 19.3. The average molecular weight is 271 g/mol. The van der Waals surface area contributed by atoms with E-state index in [-0.39, 0.29) is 25.3 Å². The minimum atomic E-state index is -1.18. The maximum Gasteiger partial charge on any atom is 0.334 e. The maximum atomic E-state index is 13.5. The summed E-state index contributed by atoms with van der Waals surface area (Å²) in [5, 5.41) is 8.81. The van der Waals surface area contributed by atoms with E-state index in [1.54, 1.807) is 0 Å². The molecule has 0 radical (unpaired) electrons. The number of carbonyl (C=O) groups is 2. The number of carboxylic acids is 1. The lowest BCUT2D eigenvalue weighted by Gasteiger charge is -2.30. The van der Waals surface area contributed by atoms with E-state index in [9.17, 15) is 18.4 Å². The van der Waals surface area contributed by atoms with Gasteiger partial charge in [-0.1, -0.05) is 0 Å². The molecule has 5 nitrogen and oxygen atoms in total. The number of morpholine rings is 1. The first-order chi connectivity index (χ1) is 8.99. The summed E-state index contributed by atoms with van der Waals surface area (Å²) in [6.45, 7) is 0.0654. The smallest absolute Gasteiger partial charge is 0.334 e. The predicted molar refractivity (Wildman–Crippen MR) is 59.6 cm³/mol. The van der Waals surface area contributed by atoms with E-state index in [0.717, 1.165) is 12.1 Å². The van der Waals surface area contributed by atoms with Crippen LogP contribution in [0.1, 0.15) is 10.4 Å². The third kappa shape index (κ3) is 2.87. The molecule has 0 aliphatic carbocycles. The summed E-state index contributed by atoms with van der Waals surface area (Å²) < 4.78 is 31.2. The van der Waals surface area contributed by atoms with Crippen molar-refractivity contribution in [3.05, 3.63) is 35.4 Å². The largest absolute Gasteiger partial charge is 0.479 e. The van der Waals surface area contributed by atoms with Crippen molar-refractivity contribution < 1.29 is 28.2 Å². The molecule has 0 aromatic heterocycles. The van der Waals surface area contributed by atoms with Crippen LogP contribution in [0.5, 0.6) is 0 Å². The molecule has 1 atom stereocenters. The Morgan fingerprint density at radius 1 is 1.37 bits per heavy atom. The number of halogens is 2. The van der Waals surface area contributed by atoms with Gasteiger partial charge in [-0.05, 0) is 12.1 Å². The summed E-state index contributed by atoms with van der Waals surface area (Å²) in [7, 11) is 0. The zero-order chi connectivity index (χ0) is 14.0. The molecule has 7 heteroatoms. The van der Waals surface area contributed by atoms with Crippen LogP contribution in [0.2, 0.25) is 0 Å². The first-order valence-corrected chi connectivity index (χ1v) is 5.58. The second-order valence-corrected chi connectivity index (χ2v) is 4.07. The number of hydrogen-bond donors (Lipinski definition) is 1. The Morgan fingerprint density at radius 3 is 2.74 bits per heavy atom. The lowest BCUT2D eigenvalue weighted by Crippen LogP contribution is -2.48. The Kier molecular flexibility index (Phi) is 3.75. The van der Waals surface area contributed by atoms with Crippen LogP contribution in [0.3, 0.4) is 0 Å². The van der Waals surface area contributed by atoms with E-state index in [0.29, 0.717) is 6.07 Å². The van der Waals surface area contributed by atoms with Crippen LogP contribution in [0.4, 0.5) is 8.78 Å². The van der Waals surface area contributed by atoms with E-state index in [4.69, 9.17) is 9.84 Å². The van der Waals surface area contributed by atoms with Crippen molar-refractivity contribution in [2.24, 2.45) is 0 Å². The van der Waals surface area contributed by atoms with Crippen LogP contribution in [0, 0.1) is 11.6 Å². The molecule has 19 heavy (non-hydrogen) atoms. The molecule has 1 unspecified atom stereocenters. The van der Waals surface area contributed by atoms with Gasteiger partial charge in [0.2, 0.25) is 0 Å². The molecule has 0 bridgehead atoms. The second-order valence-electron chi connectivity index (χ2n) is 4.07. The van der Waals surface area contributed by atoms with Crippen LogP contribution in [-0.4, -0.2) is 47.7 Å². The molecule has 1 saturated heterocycles. The van der Waals surface area contributed by atoms with Crippen molar-refractivity contribution in [1.29, 1.82) is 0 Å². The fraction of sp³-hybridized carbons (Fsp3) is 0.333. The van der Waals surface area contributed by atoms with Gasteiger partial charge in [0, 0.05) is 12.6 Å². The van der Waals surface area contributed by atoms with E-state index in [1.165, 1.54) is 4.90 Å². The lowest BCUT2D eigenvalue weighted by atomic mass is 10.1. The number of nitrogens with zero attached hydrogens (tertiary/aromatic N) is 1. The van der Waals surface area contributed by atoms with E-state index in [1.807, 2.05) is 0 Å². The summed E-state index contributed by atoms with van der Waals surface area (Å²) in [6, 6.07) is 2.63. The molecule has 1 fully saturated rings. The molecule has 1 aliphatic rings. The number of rotatable bonds is 2. The summed E-state index contributed by atoms with van der Waals surface area (Å²) in [5.41, 5.74) is -0.285. The number of benzene rings is 1. The molecule has 1 aromatic carbocycles. The van der Waals surface area contributed by atoms with Gasteiger partial charge in [-0.25, -0.2) is 13.6 Å². The van der Waals surface area contributed by atoms with Crippen molar-refractivity contribution >= 4 is 11.9 Å². The zero-order valence-corrected chi connectivity index (χ0v) is 9.81. The van der Waals surface area contributed by atoms with Crippen LogP contribution in [0.25, 0.3) is 0 Å². The Hall–Kier alpha value is -2.02. The van der Waals surface area contributed by atoms with Crippen LogP contribution >= 0.6 is 0 Å². The monoisotopic (exact) mass is 271 g/mol. The van der Waals surface area contributed by atoms with Gasteiger partial charge in [0.05, 0.1) is 18.7 Å². The third-order valence-electron chi connectivity index (χ3n) is 2.79. The molecule has 102 valence electrons. The number of hydrogen-bond acceptors (Lipinski definition) is 3. The number of carboxylic acid groups (broad SMARTS) is 1. The van der Waals surface area contributed by atoms with Gasteiger partial charge in [0.1, 0.15) is 11.6 Å². The Bertz CT molecular complexity index is 520. The molecule has 1 aliphatic heterocycles. The second kappa shape index (κ2) is 5.31. The maximum absolute atomic E-state index is 13.5.